The summed E-state index contributed by atoms with van der Waals surface area (Å²) >= 11 is 0. The molecule has 0 aromatic carbocycles. The Morgan fingerprint density at radius 1 is 1.26 bits per heavy atom. The standard InChI is InChI=1S/C15H23N3O/c1-12(2)11-13-5-4-6-14(16-13)15(19)18-9-7-17(3)8-10-18/h4-6,12H,7-11H2,1-3H3. The SMILES string of the molecule is CC(C)Cc1cccc(C(=O)N2CCN(C)CC2)n1. The van der Waals surface area contributed by atoms with E-state index in [4.69, 9.17) is 0 Å². The van der Waals surface area contributed by atoms with Gasteiger partial charge in [0.25, 0.3) is 5.91 Å². The first-order valence-electron chi connectivity index (χ1n) is 7.00. The predicted molar refractivity (Wildman–Crippen MR) is 76.2 cm³/mol. The Kier molecular flexibility index (Phi) is 4.53. The average molecular weight is 261 g/mol. The second-order valence-electron chi connectivity index (χ2n) is 5.71. The largest absolute Gasteiger partial charge is 0.335 e. The third kappa shape index (κ3) is 3.77. The number of carbonyl (C=O) groups excluding carboxylic acids is 1. The number of pyridine rings is 1. The number of hydrogen-bond acceptors (Lipinski definition) is 3. The molecule has 0 aliphatic carbocycles. The van der Waals surface area contributed by atoms with Crippen LogP contribution in [-0.2, 0) is 6.42 Å². The molecule has 1 fully saturated rings. The van der Waals surface area contributed by atoms with E-state index in [1.807, 2.05) is 23.1 Å². The highest BCUT2D eigenvalue weighted by atomic mass is 16.2. The summed E-state index contributed by atoms with van der Waals surface area (Å²) in [4.78, 5) is 21.0. The summed E-state index contributed by atoms with van der Waals surface area (Å²) in [5, 5.41) is 0. The van der Waals surface area contributed by atoms with Gasteiger partial charge < -0.3 is 9.80 Å². The predicted octanol–water partition coefficient (Wildman–Crippen LogP) is 1.67. The zero-order valence-electron chi connectivity index (χ0n) is 12.1. The van der Waals surface area contributed by atoms with Crippen LogP contribution in [0.3, 0.4) is 0 Å². The molecule has 19 heavy (non-hydrogen) atoms. The lowest BCUT2D eigenvalue weighted by Gasteiger charge is -2.32. The minimum atomic E-state index is 0.0682. The monoisotopic (exact) mass is 261 g/mol. The van der Waals surface area contributed by atoms with Crippen LogP contribution in [0.25, 0.3) is 0 Å². The van der Waals surface area contributed by atoms with Gasteiger partial charge in [0.15, 0.2) is 0 Å². The van der Waals surface area contributed by atoms with Gasteiger partial charge in [0.1, 0.15) is 5.69 Å². The van der Waals surface area contributed by atoms with Crippen LogP contribution in [0.5, 0.6) is 0 Å². The molecule has 1 aromatic rings. The van der Waals surface area contributed by atoms with Gasteiger partial charge in [-0.2, -0.15) is 0 Å². The number of nitrogens with zero attached hydrogens (tertiary/aromatic N) is 3. The van der Waals surface area contributed by atoms with Gasteiger partial charge in [-0.05, 0) is 31.5 Å². The average Bonchev–Trinajstić information content (AvgIpc) is 2.38. The first-order valence-corrected chi connectivity index (χ1v) is 7.00. The van der Waals surface area contributed by atoms with E-state index in [0.717, 1.165) is 38.3 Å². The lowest BCUT2D eigenvalue weighted by atomic mass is 10.1. The molecular weight excluding hydrogens is 238 g/mol. The zero-order chi connectivity index (χ0) is 13.8. The lowest BCUT2D eigenvalue weighted by molar-refractivity contribution is 0.0658. The van der Waals surface area contributed by atoms with Crippen LogP contribution in [0, 0.1) is 5.92 Å². The van der Waals surface area contributed by atoms with Gasteiger partial charge in [-0.3, -0.25) is 4.79 Å². The number of rotatable bonds is 3. The van der Waals surface area contributed by atoms with Crippen molar-refractivity contribution < 1.29 is 4.79 Å². The van der Waals surface area contributed by atoms with Gasteiger partial charge in [-0.15, -0.1) is 0 Å². The van der Waals surface area contributed by atoms with Crippen LogP contribution < -0.4 is 0 Å². The van der Waals surface area contributed by atoms with Crippen molar-refractivity contribution in [2.75, 3.05) is 33.2 Å². The minimum absolute atomic E-state index is 0.0682. The van der Waals surface area contributed by atoms with Crippen LogP contribution in [0.4, 0.5) is 0 Å². The summed E-state index contributed by atoms with van der Waals surface area (Å²) in [5.74, 6) is 0.625. The Bertz CT molecular complexity index is 437. The third-order valence-corrected chi connectivity index (χ3v) is 3.43. The number of aromatic nitrogens is 1. The van der Waals surface area contributed by atoms with Crippen LogP contribution in [0.15, 0.2) is 18.2 Å². The summed E-state index contributed by atoms with van der Waals surface area (Å²) in [6, 6.07) is 5.76. The van der Waals surface area contributed by atoms with Gasteiger partial charge in [0.05, 0.1) is 0 Å². The molecule has 2 heterocycles. The molecule has 0 unspecified atom stereocenters. The van der Waals surface area contributed by atoms with E-state index in [0.29, 0.717) is 11.6 Å². The fraction of sp³-hybridized carbons (Fsp3) is 0.600. The molecule has 0 atom stereocenters. The Morgan fingerprint density at radius 2 is 1.95 bits per heavy atom. The molecule has 0 bridgehead atoms. The van der Waals surface area contributed by atoms with E-state index in [-0.39, 0.29) is 5.91 Å². The van der Waals surface area contributed by atoms with Crippen molar-refractivity contribution in [1.29, 1.82) is 0 Å². The number of hydrogen-bond donors (Lipinski definition) is 0. The number of piperazine rings is 1. The Morgan fingerprint density at radius 3 is 2.58 bits per heavy atom. The Labute approximate surface area is 115 Å². The van der Waals surface area contributed by atoms with Crippen molar-refractivity contribution >= 4 is 5.91 Å². The molecule has 4 nitrogen and oxygen atoms in total. The molecule has 0 N–H and O–H groups in total. The van der Waals surface area contributed by atoms with Gasteiger partial charge >= 0.3 is 0 Å². The van der Waals surface area contributed by atoms with Gasteiger partial charge in [0, 0.05) is 31.9 Å². The third-order valence-electron chi connectivity index (χ3n) is 3.43. The summed E-state index contributed by atoms with van der Waals surface area (Å²) in [6.07, 6.45) is 0.920. The van der Waals surface area contributed by atoms with Crippen molar-refractivity contribution in [2.24, 2.45) is 5.92 Å². The van der Waals surface area contributed by atoms with E-state index in [2.05, 4.69) is 30.8 Å². The van der Waals surface area contributed by atoms with Crippen molar-refractivity contribution in [3.63, 3.8) is 0 Å². The van der Waals surface area contributed by atoms with E-state index in [9.17, 15) is 4.79 Å². The van der Waals surface area contributed by atoms with Crippen molar-refractivity contribution in [1.82, 2.24) is 14.8 Å². The topological polar surface area (TPSA) is 36.4 Å². The lowest BCUT2D eigenvalue weighted by Crippen LogP contribution is -2.47. The van der Waals surface area contributed by atoms with Crippen LogP contribution in [-0.4, -0.2) is 53.9 Å². The molecule has 104 valence electrons. The fourth-order valence-corrected chi connectivity index (χ4v) is 2.30. The number of amides is 1. The van der Waals surface area contributed by atoms with E-state index in [1.165, 1.54) is 0 Å². The maximum absolute atomic E-state index is 12.4. The highest BCUT2D eigenvalue weighted by Gasteiger charge is 2.21. The summed E-state index contributed by atoms with van der Waals surface area (Å²) in [6.45, 7) is 7.80. The summed E-state index contributed by atoms with van der Waals surface area (Å²) < 4.78 is 0. The molecule has 1 aliphatic heterocycles. The molecular formula is C15H23N3O. The van der Waals surface area contributed by atoms with E-state index in [1.54, 1.807) is 0 Å². The minimum Gasteiger partial charge on any atom is -0.335 e. The maximum Gasteiger partial charge on any atom is 0.272 e. The molecule has 1 saturated heterocycles. The van der Waals surface area contributed by atoms with Crippen molar-refractivity contribution in [3.05, 3.63) is 29.6 Å². The smallest absolute Gasteiger partial charge is 0.272 e. The molecule has 0 radical (unpaired) electrons. The number of likely N-dealkylation sites (N-methyl/N-ethyl adjacent to an activating group) is 1. The van der Waals surface area contributed by atoms with Crippen LogP contribution in [0.2, 0.25) is 0 Å². The number of carbonyl (C=O) groups is 1. The van der Waals surface area contributed by atoms with E-state index >= 15 is 0 Å². The highest BCUT2D eigenvalue weighted by molar-refractivity contribution is 5.92. The molecule has 0 spiro atoms. The zero-order valence-corrected chi connectivity index (χ0v) is 12.1. The van der Waals surface area contributed by atoms with Crippen molar-refractivity contribution in [3.8, 4) is 0 Å². The fourth-order valence-electron chi connectivity index (χ4n) is 2.30. The van der Waals surface area contributed by atoms with Crippen LogP contribution >= 0.6 is 0 Å². The van der Waals surface area contributed by atoms with Gasteiger partial charge in [-0.25, -0.2) is 4.98 Å². The Hall–Kier alpha value is -1.42. The van der Waals surface area contributed by atoms with Crippen LogP contribution in [0.1, 0.15) is 30.0 Å². The van der Waals surface area contributed by atoms with Gasteiger partial charge in [-0.1, -0.05) is 19.9 Å². The van der Waals surface area contributed by atoms with Crippen molar-refractivity contribution in [2.45, 2.75) is 20.3 Å². The second-order valence-corrected chi connectivity index (χ2v) is 5.71. The quantitative estimate of drug-likeness (QED) is 0.830. The first kappa shape index (κ1) is 14.0. The molecule has 4 heteroatoms. The summed E-state index contributed by atoms with van der Waals surface area (Å²) in [7, 11) is 2.09. The molecule has 1 aliphatic rings. The second kappa shape index (κ2) is 6.15. The Balaban J connectivity index is 2.06. The van der Waals surface area contributed by atoms with E-state index < -0.39 is 0 Å². The molecule has 0 saturated carbocycles. The van der Waals surface area contributed by atoms with Gasteiger partial charge in [0.2, 0.25) is 0 Å². The summed E-state index contributed by atoms with van der Waals surface area (Å²) in [5.41, 5.74) is 1.60. The molecule has 1 amide bonds. The normalized spacial score (nSPS) is 16.9. The molecule has 2 rings (SSSR count). The first-order chi connectivity index (χ1) is 9.06. The molecule has 1 aromatic heterocycles. The maximum atomic E-state index is 12.4. The highest BCUT2D eigenvalue weighted by Crippen LogP contribution is 2.10.